The van der Waals surface area contributed by atoms with Crippen LogP contribution >= 0.6 is 0 Å². The number of nitrogens with one attached hydrogen (secondary N) is 1. The molecule has 2 rings (SSSR count). The Morgan fingerprint density at radius 3 is 2.78 bits per heavy atom. The van der Waals surface area contributed by atoms with E-state index >= 15 is 0 Å². The normalized spacial score (nSPS) is 23.0. The highest BCUT2D eigenvalue weighted by molar-refractivity contribution is 5.88. The summed E-state index contributed by atoms with van der Waals surface area (Å²) in [5.41, 5.74) is 2.44. The van der Waals surface area contributed by atoms with Gasteiger partial charge in [-0.3, -0.25) is 0 Å². The lowest BCUT2D eigenvalue weighted by atomic mass is 10.0. The van der Waals surface area contributed by atoms with E-state index in [9.17, 15) is 4.79 Å². The number of carboxylic acid groups (broad SMARTS) is 1. The van der Waals surface area contributed by atoms with Crippen LogP contribution in [-0.2, 0) is 0 Å². The zero-order chi connectivity index (χ0) is 13.1. The lowest BCUT2D eigenvalue weighted by Crippen LogP contribution is -2.16. The van der Waals surface area contributed by atoms with E-state index in [1.807, 2.05) is 13.0 Å². The largest absolute Gasteiger partial charge is 0.478 e. The Labute approximate surface area is 108 Å². The summed E-state index contributed by atoms with van der Waals surface area (Å²) in [4.78, 5) is 10.9. The van der Waals surface area contributed by atoms with Crippen molar-refractivity contribution in [2.75, 3.05) is 5.32 Å². The number of hydrogen-bond donors (Lipinski definition) is 2. The predicted octanol–water partition coefficient (Wildman–Crippen LogP) is 3.68. The van der Waals surface area contributed by atoms with E-state index in [1.165, 1.54) is 25.7 Å². The van der Waals surface area contributed by atoms with Crippen LogP contribution in [0.25, 0.3) is 0 Å². The Balaban J connectivity index is 2.04. The maximum Gasteiger partial charge on any atom is 0.335 e. The van der Waals surface area contributed by atoms with Crippen LogP contribution in [0.15, 0.2) is 18.2 Å². The summed E-state index contributed by atoms with van der Waals surface area (Å²) in [7, 11) is 0. The van der Waals surface area contributed by atoms with Crippen LogP contribution in [0.2, 0.25) is 0 Å². The molecule has 1 aromatic rings. The fraction of sp³-hybridized carbons (Fsp3) is 0.533. The molecule has 2 N–H and O–H groups in total. The summed E-state index contributed by atoms with van der Waals surface area (Å²) in [6, 6.07) is 5.84. The van der Waals surface area contributed by atoms with Crippen molar-refractivity contribution in [3.8, 4) is 0 Å². The third-order valence-corrected chi connectivity index (χ3v) is 3.95. The van der Waals surface area contributed by atoms with Gasteiger partial charge in [0, 0.05) is 11.7 Å². The van der Waals surface area contributed by atoms with Gasteiger partial charge in [0.25, 0.3) is 0 Å². The van der Waals surface area contributed by atoms with Crippen molar-refractivity contribution >= 4 is 11.7 Å². The number of hydrogen-bond acceptors (Lipinski definition) is 2. The van der Waals surface area contributed by atoms with Gasteiger partial charge in [0.15, 0.2) is 0 Å². The van der Waals surface area contributed by atoms with Crippen molar-refractivity contribution < 1.29 is 9.90 Å². The zero-order valence-electron chi connectivity index (χ0n) is 11.1. The first-order chi connectivity index (χ1) is 8.60. The number of anilines is 1. The number of aryl methyl sites for hydroxylation is 1. The lowest BCUT2D eigenvalue weighted by molar-refractivity contribution is 0.0697. The summed E-state index contributed by atoms with van der Waals surface area (Å²) in [6.45, 7) is 4.21. The maximum absolute atomic E-state index is 10.9. The van der Waals surface area contributed by atoms with Crippen LogP contribution in [-0.4, -0.2) is 17.1 Å². The van der Waals surface area contributed by atoms with Crippen molar-refractivity contribution in [1.82, 2.24) is 0 Å². The topological polar surface area (TPSA) is 49.3 Å². The SMILES string of the molecule is CCC1CCC(Nc2ccc(C(=O)O)cc2C)C1. The third-order valence-electron chi connectivity index (χ3n) is 3.95. The van der Waals surface area contributed by atoms with E-state index in [2.05, 4.69) is 12.2 Å². The second kappa shape index (κ2) is 5.42. The minimum Gasteiger partial charge on any atom is -0.478 e. The average molecular weight is 247 g/mol. The van der Waals surface area contributed by atoms with Gasteiger partial charge in [-0.1, -0.05) is 13.3 Å². The molecule has 18 heavy (non-hydrogen) atoms. The van der Waals surface area contributed by atoms with E-state index in [0.29, 0.717) is 11.6 Å². The average Bonchev–Trinajstić information content (AvgIpc) is 2.79. The molecular weight excluding hydrogens is 226 g/mol. The molecule has 0 aliphatic heterocycles. The molecule has 0 aromatic heterocycles. The molecule has 1 fully saturated rings. The van der Waals surface area contributed by atoms with Crippen molar-refractivity contribution in [3.63, 3.8) is 0 Å². The Hall–Kier alpha value is -1.51. The summed E-state index contributed by atoms with van der Waals surface area (Å²) >= 11 is 0. The third kappa shape index (κ3) is 2.84. The highest BCUT2D eigenvalue weighted by Crippen LogP contribution is 2.31. The number of carbonyl (C=O) groups is 1. The molecule has 0 saturated heterocycles. The van der Waals surface area contributed by atoms with Gasteiger partial charge in [0.05, 0.1) is 5.56 Å². The summed E-state index contributed by atoms with van der Waals surface area (Å²) in [5.74, 6) is -0.0161. The minimum atomic E-state index is -0.864. The number of benzene rings is 1. The van der Waals surface area contributed by atoms with Gasteiger partial charge >= 0.3 is 5.97 Å². The van der Waals surface area contributed by atoms with Crippen LogP contribution in [0.5, 0.6) is 0 Å². The van der Waals surface area contributed by atoms with Crippen LogP contribution in [0.1, 0.15) is 48.5 Å². The van der Waals surface area contributed by atoms with Gasteiger partial charge in [0.2, 0.25) is 0 Å². The van der Waals surface area contributed by atoms with Gasteiger partial charge in [-0.15, -0.1) is 0 Å². The van der Waals surface area contributed by atoms with Gasteiger partial charge in [-0.05, 0) is 55.9 Å². The van der Waals surface area contributed by atoms with Crippen LogP contribution in [0.3, 0.4) is 0 Å². The Bertz CT molecular complexity index is 442. The molecule has 0 bridgehead atoms. The zero-order valence-corrected chi connectivity index (χ0v) is 11.1. The summed E-state index contributed by atoms with van der Waals surface area (Å²) < 4.78 is 0. The van der Waals surface area contributed by atoms with Crippen LogP contribution < -0.4 is 5.32 Å². The molecule has 3 heteroatoms. The van der Waals surface area contributed by atoms with E-state index in [-0.39, 0.29) is 0 Å². The summed E-state index contributed by atoms with van der Waals surface area (Å²) in [5, 5.41) is 12.5. The Kier molecular flexibility index (Phi) is 3.90. The minimum absolute atomic E-state index is 0.357. The van der Waals surface area contributed by atoms with Gasteiger partial charge in [-0.2, -0.15) is 0 Å². The highest BCUT2D eigenvalue weighted by atomic mass is 16.4. The molecule has 2 unspecified atom stereocenters. The molecule has 0 radical (unpaired) electrons. The molecule has 1 saturated carbocycles. The standard InChI is InChI=1S/C15H21NO2/c1-3-11-4-6-13(9-11)16-14-7-5-12(15(17)18)8-10(14)2/h5,7-8,11,13,16H,3-4,6,9H2,1-2H3,(H,17,18). The van der Waals surface area contributed by atoms with Crippen molar-refractivity contribution in [2.24, 2.45) is 5.92 Å². The Morgan fingerprint density at radius 2 is 2.22 bits per heavy atom. The molecule has 3 nitrogen and oxygen atoms in total. The number of carboxylic acids is 1. The molecule has 0 spiro atoms. The monoisotopic (exact) mass is 247 g/mol. The lowest BCUT2D eigenvalue weighted by Gasteiger charge is -2.16. The van der Waals surface area contributed by atoms with E-state index in [4.69, 9.17) is 5.11 Å². The highest BCUT2D eigenvalue weighted by Gasteiger charge is 2.23. The quantitative estimate of drug-likeness (QED) is 0.853. The first-order valence-electron chi connectivity index (χ1n) is 6.70. The molecule has 1 aromatic carbocycles. The Morgan fingerprint density at radius 1 is 1.44 bits per heavy atom. The van der Waals surface area contributed by atoms with Crippen molar-refractivity contribution in [3.05, 3.63) is 29.3 Å². The second-order valence-corrected chi connectivity index (χ2v) is 5.26. The number of rotatable bonds is 4. The smallest absolute Gasteiger partial charge is 0.335 e. The molecule has 0 amide bonds. The van der Waals surface area contributed by atoms with Gasteiger partial charge < -0.3 is 10.4 Å². The van der Waals surface area contributed by atoms with E-state index < -0.39 is 5.97 Å². The fourth-order valence-electron chi connectivity index (χ4n) is 2.76. The molecule has 2 atom stereocenters. The number of aromatic carboxylic acids is 1. The second-order valence-electron chi connectivity index (χ2n) is 5.26. The molecule has 1 aliphatic carbocycles. The summed E-state index contributed by atoms with van der Waals surface area (Å²) in [6.07, 6.45) is 5.02. The van der Waals surface area contributed by atoms with E-state index in [0.717, 1.165) is 17.2 Å². The fourth-order valence-corrected chi connectivity index (χ4v) is 2.76. The van der Waals surface area contributed by atoms with Crippen molar-refractivity contribution in [1.29, 1.82) is 0 Å². The molecule has 0 heterocycles. The predicted molar refractivity (Wildman–Crippen MR) is 73.2 cm³/mol. The van der Waals surface area contributed by atoms with Crippen molar-refractivity contribution in [2.45, 2.75) is 45.6 Å². The maximum atomic E-state index is 10.9. The van der Waals surface area contributed by atoms with E-state index in [1.54, 1.807) is 12.1 Å². The van der Waals surface area contributed by atoms with Gasteiger partial charge in [0.1, 0.15) is 0 Å². The molecular formula is C15H21NO2. The van der Waals surface area contributed by atoms with Crippen LogP contribution in [0.4, 0.5) is 5.69 Å². The van der Waals surface area contributed by atoms with Crippen LogP contribution in [0, 0.1) is 12.8 Å². The first-order valence-corrected chi connectivity index (χ1v) is 6.70. The molecule has 98 valence electrons. The van der Waals surface area contributed by atoms with Gasteiger partial charge in [-0.25, -0.2) is 4.79 Å². The molecule has 1 aliphatic rings. The first kappa shape index (κ1) is 12.9.